The molecule has 0 radical (unpaired) electrons. The predicted octanol–water partition coefficient (Wildman–Crippen LogP) is 2.27. The Labute approximate surface area is 107 Å². The fourth-order valence-corrected chi connectivity index (χ4v) is 1.40. The van der Waals surface area contributed by atoms with Crippen molar-refractivity contribution in [3.05, 3.63) is 35.1 Å². The lowest BCUT2D eigenvalue weighted by molar-refractivity contribution is 0.0142. The van der Waals surface area contributed by atoms with Gasteiger partial charge in [-0.1, -0.05) is 19.9 Å². The van der Waals surface area contributed by atoms with Crippen LogP contribution in [-0.2, 0) is 0 Å². The van der Waals surface area contributed by atoms with Crippen molar-refractivity contribution in [1.29, 1.82) is 0 Å². The van der Waals surface area contributed by atoms with Gasteiger partial charge in [0.05, 0.1) is 5.60 Å². The highest BCUT2D eigenvalue weighted by molar-refractivity contribution is 5.95. The van der Waals surface area contributed by atoms with Crippen LogP contribution in [0.4, 0.5) is 4.39 Å². The molecule has 3 nitrogen and oxygen atoms in total. The zero-order valence-electron chi connectivity index (χ0n) is 11.2. The number of hydrogen-bond donors (Lipinski definition) is 2. The summed E-state index contributed by atoms with van der Waals surface area (Å²) >= 11 is 0. The van der Waals surface area contributed by atoms with E-state index in [-0.39, 0.29) is 18.4 Å². The highest BCUT2D eigenvalue weighted by Crippen LogP contribution is 2.15. The lowest BCUT2D eigenvalue weighted by Crippen LogP contribution is -2.44. The third kappa shape index (κ3) is 3.53. The first-order chi connectivity index (χ1) is 8.24. The minimum Gasteiger partial charge on any atom is -0.388 e. The highest BCUT2D eigenvalue weighted by atomic mass is 19.1. The highest BCUT2D eigenvalue weighted by Gasteiger charge is 2.25. The molecule has 0 spiro atoms. The summed E-state index contributed by atoms with van der Waals surface area (Å²) in [4.78, 5) is 11.9. The van der Waals surface area contributed by atoms with E-state index in [4.69, 9.17) is 0 Å². The summed E-state index contributed by atoms with van der Waals surface area (Å²) in [5.74, 6) is -0.791. The molecule has 1 amide bonds. The van der Waals surface area contributed by atoms with Gasteiger partial charge >= 0.3 is 0 Å². The SMILES string of the molecule is Cc1ccc(F)cc1C(=O)NCC(C)(O)C(C)C. The second kappa shape index (κ2) is 5.48. The summed E-state index contributed by atoms with van der Waals surface area (Å²) in [6.45, 7) is 7.30. The molecule has 18 heavy (non-hydrogen) atoms. The Balaban J connectivity index is 2.75. The monoisotopic (exact) mass is 253 g/mol. The largest absolute Gasteiger partial charge is 0.388 e. The molecule has 1 atom stereocenters. The second-order valence-electron chi connectivity index (χ2n) is 5.15. The number of rotatable bonds is 4. The van der Waals surface area contributed by atoms with Crippen LogP contribution >= 0.6 is 0 Å². The van der Waals surface area contributed by atoms with E-state index in [0.29, 0.717) is 11.1 Å². The van der Waals surface area contributed by atoms with Gasteiger partial charge < -0.3 is 10.4 Å². The molecular formula is C14H20FNO2. The quantitative estimate of drug-likeness (QED) is 0.864. The van der Waals surface area contributed by atoms with Gasteiger partial charge in [-0.2, -0.15) is 0 Å². The first-order valence-corrected chi connectivity index (χ1v) is 6.01. The van der Waals surface area contributed by atoms with Crippen molar-refractivity contribution in [2.75, 3.05) is 6.54 Å². The molecule has 0 bridgehead atoms. The Morgan fingerprint density at radius 2 is 2.11 bits per heavy atom. The van der Waals surface area contributed by atoms with Gasteiger partial charge in [0.15, 0.2) is 0 Å². The van der Waals surface area contributed by atoms with Crippen LogP contribution in [0.2, 0.25) is 0 Å². The molecule has 2 N–H and O–H groups in total. The molecule has 0 aromatic heterocycles. The molecule has 0 aliphatic heterocycles. The minimum atomic E-state index is -0.975. The molecule has 0 heterocycles. The first-order valence-electron chi connectivity index (χ1n) is 6.01. The van der Waals surface area contributed by atoms with E-state index in [1.54, 1.807) is 19.9 Å². The molecule has 1 aromatic carbocycles. The predicted molar refractivity (Wildman–Crippen MR) is 68.9 cm³/mol. The fourth-order valence-electron chi connectivity index (χ4n) is 1.40. The average molecular weight is 253 g/mol. The number of nitrogens with one attached hydrogen (secondary N) is 1. The number of aryl methyl sites for hydroxylation is 1. The fraction of sp³-hybridized carbons (Fsp3) is 0.500. The van der Waals surface area contributed by atoms with Gasteiger partial charge in [0.25, 0.3) is 5.91 Å². The Hall–Kier alpha value is -1.42. The van der Waals surface area contributed by atoms with Crippen LogP contribution in [0.1, 0.15) is 36.7 Å². The third-order valence-electron chi connectivity index (χ3n) is 3.29. The number of aliphatic hydroxyl groups is 1. The molecule has 0 aliphatic rings. The molecule has 100 valence electrons. The first kappa shape index (κ1) is 14.6. The lowest BCUT2D eigenvalue weighted by Gasteiger charge is -2.27. The van der Waals surface area contributed by atoms with Gasteiger partial charge in [-0.05, 0) is 37.5 Å². The summed E-state index contributed by atoms with van der Waals surface area (Å²) in [6, 6.07) is 4.08. The average Bonchev–Trinajstić information content (AvgIpc) is 2.29. The van der Waals surface area contributed by atoms with Gasteiger partial charge in [0, 0.05) is 12.1 Å². The Morgan fingerprint density at radius 1 is 1.50 bits per heavy atom. The molecule has 0 saturated carbocycles. The Bertz CT molecular complexity index is 441. The number of halogens is 1. The van der Waals surface area contributed by atoms with Gasteiger partial charge in [0.2, 0.25) is 0 Å². The van der Waals surface area contributed by atoms with E-state index < -0.39 is 11.4 Å². The van der Waals surface area contributed by atoms with Crippen LogP contribution in [0.5, 0.6) is 0 Å². The number of benzene rings is 1. The van der Waals surface area contributed by atoms with Crippen LogP contribution < -0.4 is 5.32 Å². The normalized spacial score (nSPS) is 14.4. The lowest BCUT2D eigenvalue weighted by atomic mass is 9.92. The van der Waals surface area contributed by atoms with Gasteiger partial charge in [-0.15, -0.1) is 0 Å². The third-order valence-corrected chi connectivity index (χ3v) is 3.29. The summed E-state index contributed by atoms with van der Waals surface area (Å²) in [7, 11) is 0. The molecule has 0 aliphatic carbocycles. The molecule has 1 rings (SSSR count). The van der Waals surface area contributed by atoms with E-state index in [0.717, 1.165) is 0 Å². The zero-order chi connectivity index (χ0) is 13.9. The van der Waals surface area contributed by atoms with E-state index in [1.165, 1.54) is 12.1 Å². The van der Waals surface area contributed by atoms with Crippen LogP contribution in [0.15, 0.2) is 18.2 Å². The van der Waals surface area contributed by atoms with Crippen LogP contribution in [0.3, 0.4) is 0 Å². The number of hydrogen-bond acceptors (Lipinski definition) is 2. The van der Waals surface area contributed by atoms with E-state index in [9.17, 15) is 14.3 Å². The number of carbonyl (C=O) groups excluding carboxylic acids is 1. The van der Waals surface area contributed by atoms with Crippen molar-refractivity contribution < 1.29 is 14.3 Å². The molecule has 1 unspecified atom stereocenters. The standard InChI is InChI=1S/C14H20FNO2/c1-9(2)14(4,18)8-16-13(17)12-7-11(15)6-5-10(12)3/h5-7,9,18H,8H2,1-4H3,(H,16,17). The second-order valence-corrected chi connectivity index (χ2v) is 5.15. The maximum atomic E-state index is 13.1. The maximum absolute atomic E-state index is 13.1. The molecule has 4 heteroatoms. The van der Waals surface area contributed by atoms with Crippen molar-refractivity contribution in [3.8, 4) is 0 Å². The van der Waals surface area contributed by atoms with Gasteiger partial charge in [-0.25, -0.2) is 4.39 Å². The van der Waals surface area contributed by atoms with Crippen molar-refractivity contribution in [2.45, 2.75) is 33.3 Å². The maximum Gasteiger partial charge on any atom is 0.251 e. The van der Waals surface area contributed by atoms with Gasteiger partial charge in [-0.3, -0.25) is 4.79 Å². The number of amides is 1. The summed E-state index contributed by atoms with van der Waals surface area (Å²) in [5, 5.41) is 12.7. The van der Waals surface area contributed by atoms with Crippen molar-refractivity contribution in [1.82, 2.24) is 5.32 Å². The smallest absolute Gasteiger partial charge is 0.251 e. The molecule has 1 aromatic rings. The molecule has 0 saturated heterocycles. The molecule has 0 fully saturated rings. The zero-order valence-corrected chi connectivity index (χ0v) is 11.2. The minimum absolute atomic E-state index is 0.0198. The summed E-state index contributed by atoms with van der Waals surface area (Å²) in [6.07, 6.45) is 0. The van der Waals surface area contributed by atoms with Crippen LogP contribution in [0, 0.1) is 18.7 Å². The van der Waals surface area contributed by atoms with Crippen LogP contribution in [-0.4, -0.2) is 23.2 Å². The Morgan fingerprint density at radius 3 is 2.67 bits per heavy atom. The van der Waals surface area contributed by atoms with Crippen molar-refractivity contribution in [3.63, 3.8) is 0 Å². The number of carbonyl (C=O) groups is 1. The van der Waals surface area contributed by atoms with Gasteiger partial charge in [0.1, 0.15) is 5.82 Å². The topological polar surface area (TPSA) is 49.3 Å². The van der Waals surface area contributed by atoms with Crippen molar-refractivity contribution in [2.24, 2.45) is 5.92 Å². The van der Waals surface area contributed by atoms with E-state index in [1.807, 2.05) is 13.8 Å². The van der Waals surface area contributed by atoms with Crippen molar-refractivity contribution >= 4 is 5.91 Å². The summed E-state index contributed by atoms with van der Waals surface area (Å²) in [5.41, 5.74) is 0.0318. The van der Waals surface area contributed by atoms with E-state index >= 15 is 0 Å². The molecular weight excluding hydrogens is 233 g/mol. The summed E-state index contributed by atoms with van der Waals surface area (Å²) < 4.78 is 13.1. The Kier molecular flexibility index (Phi) is 4.46. The van der Waals surface area contributed by atoms with E-state index in [2.05, 4.69) is 5.32 Å². The van der Waals surface area contributed by atoms with Crippen LogP contribution in [0.25, 0.3) is 0 Å².